The Morgan fingerprint density at radius 1 is 1.14 bits per heavy atom. The maximum absolute atomic E-state index is 14.2. The number of aromatic nitrogens is 1. The Morgan fingerprint density at radius 2 is 1.81 bits per heavy atom. The highest BCUT2D eigenvalue weighted by Crippen LogP contribution is 2.38. The fourth-order valence-corrected chi connectivity index (χ4v) is 5.25. The first-order valence-corrected chi connectivity index (χ1v) is 12.9. The summed E-state index contributed by atoms with van der Waals surface area (Å²) >= 11 is 6.05. The van der Waals surface area contributed by atoms with Gasteiger partial charge in [-0.1, -0.05) is 38.4 Å². The quantitative estimate of drug-likeness (QED) is 0.311. The Labute approximate surface area is 229 Å². The molecule has 0 amide bonds. The van der Waals surface area contributed by atoms with E-state index in [1.807, 2.05) is 39.0 Å². The molecule has 2 aromatic carbocycles. The molecule has 0 aliphatic heterocycles. The number of aromatic hydroxyl groups is 1. The Hall–Kier alpha value is -2.41. The number of nitrogens with one attached hydrogen (secondary N) is 1. The van der Waals surface area contributed by atoms with Gasteiger partial charge in [-0.2, -0.15) is 0 Å². The number of hydrogen-bond acceptors (Lipinski definition) is 5. The molecule has 0 bridgehead atoms. The second-order valence-electron chi connectivity index (χ2n) is 11.3. The van der Waals surface area contributed by atoms with Crippen LogP contribution < -0.4 is 5.32 Å². The Kier molecular flexibility index (Phi) is 9.10. The zero-order valence-electron chi connectivity index (χ0n) is 22.1. The minimum Gasteiger partial charge on any atom is -0.504 e. The summed E-state index contributed by atoms with van der Waals surface area (Å²) in [6.07, 6.45) is 6.01. The summed E-state index contributed by atoms with van der Waals surface area (Å²) in [6, 6.07) is 8.69. The number of halogens is 3. The van der Waals surface area contributed by atoms with E-state index in [4.69, 9.17) is 11.6 Å². The molecule has 3 aromatic rings. The third-order valence-corrected chi connectivity index (χ3v) is 7.25. The van der Waals surface area contributed by atoms with Gasteiger partial charge in [0.1, 0.15) is 0 Å². The molecule has 8 heteroatoms. The highest BCUT2D eigenvalue weighted by molar-refractivity contribution is 6.32. The SMILES string of the molecule is CN(C)CC1CCC(Nc2c(C(=O)C(C)(C)C)cnc3ccc(-c4cc(F)c(O)c(Cl)c4)cc23)CC1.Cl. The number of carbonyl (C=O) groups excluding carboxylic acids is 1. The molecule has 1 aliphatic carbocycles. The number of benzene rings is 2. The van der Waals surface area contributed by atoms with Crippen LogP contribution in [0.2, 0.25) is 5.02 Å². The van der Waals surface area contributed by atoms with Gasteiger partial charge in [0.15, 0.2) is 17.3 Å². The van der Waals surface area contributed by atoms with Crippen LogP contribution in [0.4, 0.5) is 10.1 Å². The van der Waals surface area contributed by atoms with Crippen molar-refractivity contribution < 1.29 is 14.3 Å². The first-order valence-electron chi connectivity index (χ1n) is 12.5. The van der Waals surface area contributed by atoms with Gasteiger partial charge in [-0.15, -0.1) is 12.4 Å². The van der Waals surface area contributed by atoms with Gasteiger partial charge in [0.2, 0.25) is 0 Å². The third-order valence-electron chi connectivity index (χ3n) is 6.96. The molecule has 0 atom stereocenters. The van der Waals surface area contributed by atoms with Crippen LogP contribution in [0.5, 0.6) is 5.75 Å². The lowest BCUT2D eigenvalue weighted by molar-refractivity contribution is 0.0859. The molecule has 1 saturated carbocycles. The van der Waals surface area contributed by atoms with Crippen molar-refractivity contribution >= 4 is 46.4 Å². The molecule has 1 heterocycles. The van der Waals surface area contributed by atoms with Gasteiger partial charge in [-0.25, -0.2) is 4.39 Å². The van der Waals surface area contributed by atoms with Gasteiger partial charge >= 0.3 is 0 Å². The first-order chi connectivity index (χ1) is 16.9. The van der Waals surface area contributed by atoms with Crippen molar-refractivity contribution in [3.8, 4) is 16.9 Å². The van der Waals surface area contributed by atoms with Gasteiger partial charge in [-0.05, 0) is 81.1 Å². The molecule has 2 N–H and O–H groups in total. The fraction of sp³-hybridized carbons (Fsp3) is 0.448. The van der Waals surface area contributed by atoms with Gasteiger partial charge in [-0.3, -0.25) is 9.78 Å². The van der Waals surface area contributed by atoms with Gasteiger partial charge < -0.3 is 15.3 Å². The van der Waals surface area contributed by atoms with E-state index in [1.165, 1.54) is 12.1 Å². The Bertz CT molecular complexity index is 1260. The molecule has 5 nitrogen and oxygen atoms in total. The molecule has 0 unspecified atom stereocenters. The van der Waals surface area contributed by atoms with E-state index < -0.39 is 17.0 Å². The summed E-state index contributed by atoms with van der Waals surface area (Å²) < 4.78 is 14.2. The molecule has 0 radical (unpaired) electrons. The summed E-state index contributed by atoms with van der Waals surface area (Å²) in [5.74, 6) is -0.637. The van der Waals surface area contributed by atoms with Gasteiger partial charge in [0.05, 0.1) is 21.8 Å². The van der Waals surface area contributed by atoms with Crippen LogP contribution in [-0.2, 0) is 0 Å². The van der Waals surface area contributed by atoms with Crippen molar-refractivity contribution in [1.82, 2.24) is 9.88 Å². The molecule has 0 spiro atoms. The van der Waals surface area contributed by atoms with Crippen LogP contribution in [0, 0.1) is 17.2 Å². The molecule has 200 valence electrons. The molecule has 1 aliphatic rings. The van der Waals surface area contributed by atoms with Crippen molar-refractivity contribution in [1.29, 1.82) is 0 Å². The predicted molar refractivity (Wildman–Crippen MR) is 153 cm³/mol. The Morgan fingerprint density at radius 3 is 2.41 bits per heavy atom. The van der Waals surface area contributed by atoms with E-state index in [0.29, 0.717) is 17.0 Å². The van der Waals surface area contributed by atoms with Crippen molar-refractivity contribution in [2.75, 3.05) is 26.0 Å². The van der Waals surface area contributed by atoms with E-state index >= 15 is 0 Å². The minimum absolute atomic E-state index is 0. The van der Waals surface area contributed by atoms with Crippen LogP contribution in [0.15, 0.2) is 36.5 Å². The summed E-state index contributed by atoms with van der Waals surface area (Å²) in [4.78, 5) is 20.3. The zero-order chi connectivity index (χ0) is 26.2. The lowest BCUT2D eigenvalue weighted by Gasteiger charge is -2.32. The number of pyridine rings is 1. The second kappa shape index (κ2) is 11.5. The smallest absolute Gasteiger partial charge is 0.171 e. The zero-order valence-corrected chi connectivity index (χ0v) is 23.6. The number of hydrogen-bond donors (Lipinski definition) is 2. The molecular formula is C29H36Cl2FN3O2. The number of phenolic OH excluding ortho intramolecular Hbond substituents is 1. The number of Topliss-reactive ketones (excluding diaryl/α,β-unsaturated/α-hetero) is 1. The van der Waals surface area contributed by atoms with Crippen LogP contribution in [0.3, 0.4) is 0 Å². The van der Waals surface area contributed by atoms with Crippen molar-refractivity contribution in [2.45, 2.75) is 52.5 Å². The summed E-state index contributed by atoms with van der Waals surface area (Å²) in [6.45, 7) is 6.82. The second-order valence-corrected chi connectivity index (χ2v) is 11.7. The van der Waals surface area contributed by atoms with Crippen molar-refractivity contribution in [3.05, 3.63) is 52.9 Å². The Balaban J connectivity index is 0.00000380. The fourth-order valence-electron chi connectivity index (χ4n) is 5.05. The maximum atomic E-state index is 14.2. The summed E-state index contributed by atoms with van der Waals surface area (Å²) in [5, 5.41) is 14.2. The van der Waals surface area contributed by atoms with E-state index in [0.717, 1.165) is 54.4 Å². The molecule has 0 saturated heterocycles. The van der Waals surface area contributed by atoms with Gasteiger partial charge in [0.25, 0.3) is 0 Å². The van der Waals surface area contributed by atoms with Crippen LogP contribution >= 0.6 is 24.0 Å². The molecule has 37 heavy (non-hydrogen) atoms. The molecule has 1 aromatic heterocycles. The lowest BCUT2D eigenvalue weighted by atomic mass is 9.84. The number of rotatable bonds is 6. The standard InChI is InChI=1S/C29H35ClFN3O2.ClH/c1-29(2,3)28(36)22-15-32-25-11-8-18(19-13-23(30)27(35)24(31)14-19)12-21(25)26(22)33-20-9-6-17(7-10-20)16-34(4)5;/h8,11-15,17,20,35H,6-7,9-10,16H2,1-5H3,(H,32,33);1H. The largest absolute Gasteiger partial charge is 0.504 e. The first kappa shape index (κ1) is 29.2. The van der Waals surface area contributed by atoms with E-state index in [9.17, 15) is 14.3 Å². The normalized spacial score (nSPS) is 18.1. The maximum Gasteiger partial charge on any atom is 0.171 e. The lowest BCUT2D eigenvalue weighted by Crippen LogP contribution is -2.32. The third kappa shape index (κ3) is 6.54. The van der Waals surface area contributed by atoms with E-state index in [-0.39, 0.29) is 29.3 Å². The van der Waals surface area contributed by atoms with E-state index in [1.54, 1.807) is 6.20 Å². The number of ketones is 1. The van der Waals surface area contributed by atoms with Crippen LogP contribution in [0.1, 0.15) is 56.8 Å². The van der Waals surface area contributed by atoms with Crippen LogP contribution in [0.25, 0.3) is 22.0 Å². The van der Waals surface area contributed by atoms with Crippen molar-refractivity contribution in [2.24, 2.45) is 11.3 Å². The van der Waals surface area contributed by atoms with Crippen molar-refractivity contribution in [3.63, 3.8) is 0 Å². The summed E-state index contributed by atoms with van der Waals surface area (Å²) in [5.41, 5.74) is 2.79. The van der Waals surface area contributed by atoms with Crippen LogP contribution in [-0.4, -0.2) is 47.5 Å². The van der Waals surface area contributed by atoms with Gasteiger partial charge in [0, 0.05) is 29.6 Å². The summed E-state index contributed by atoms with van der Waals surface area (Å²) in [7, 11) is 4.23. The number of anilines is 1. The topological polar surface area (TPSA) is 65.5 Å². The highest BCUT2D eigenvalue weighted by Gasteiger charge is 2.29. The average Bonchev–Trinajstić information content (AvgIpc) is 2.82. The number of phenols is 1. The molecular weight excluding hydrogens is 512 g/mol. The number of fused-ring (bicyclic) bond motifs is 1. The number of nitrogens with zero attached hydrogens (tertiary/aromatic N) is 2. The minimum atomic E-state index is -0.778. The molecule has 4 rings (SSSR count). The average molecular weight is 549 g/mol. The highest BCUT2D eigenvalue weighted by atomic mass is 35.5. The monoisotopic (exact) mass is 547 g/mol. The van der Waals surface area contributed by atoms with E-state index in [2.05, 4.69) is 29.3 Å². The molecule has 1 fully saturated rings. The predicted octanol–water partition coefficient (Wildman–Crippen LogP) is 7.58. The number of carbonyl (C=O) groups is 1.